The van der Waals surface area contributed by atoms with Crippen molar-refractivity contribution in [2.24, 2.45) is 0 Å². The third-order valence-corrected chi connectivity index (χ3v) is 5.70. The molecule has 0 bridgehead atoms. The molecule has 1 aliphatic heterocycles. The Bertz CT molecular complexity index is 835. The summed E-state index contributed by atoms with van der Waals surface area (Å²) in [6.45, 7) is 0.458. The third kappa shape index (κ3) is 5.87. The third-order valence-electron chi connectivity index (χ3n) is 4.53. The molecule has 0 atom stereocenters. The van der Waals surface area contributed by atoms with Gasteiger partial charge in [0.15, 0.2) is 5.13 Å². The quantitative estimate of drug-likeness (QED) is 0.491. The Labute approximate surface area is 172 Å². The van der Waals surface area contributed by atoms with Gasteiger partial charge in [-0.05, 0) is 30.5 Å². The summed E-state index contributed by atoms with van der Waals surface area (Å²) >= 11 is 7.36. The molecule has 0 saturated carbocycles. The van der Waals surface area contributed by atoms with Gasteiger partial charge in [0, 0.05) is 48.3 Å². The second-order valence-electron chi connectivity index (χ2n) is 6.73. The first-order valence-corrected chi connectivity index (χ1v) is 10.5. The number of anilines is 1. The molecule has 8 heteroatoms. The molecule has 28 heavy (non-hydrogen) atoms. The standard InChI is InChI=1S/C20H22ClN3O3S/c21-15-7-5-14(6-8-15)12-16-13-22-20(28-16)23-17(25)4-2-1-3-11-24-18(26)9-10-19(24)27/h5-8,13H,1-4,9-12H2,(H,22,23,25). The fourth-order valence-corrected chi connectivity index (χ4v) is 4.03. The molecule has 0 unspecified atom stereocenters. The lowest BCUT2D eigenvalue weighted by Crippen LogP contribution is -2.29. The lowest BCUT2D eigenvalue weighted by Gasteiger charge is -2.12. The molecule has 1 aromatic carbocycles. The number of halogens is 1. The molecule has 2 heterocycles. The van der Waals surface area contributed by atoms with E-state index in [4.69, 9.17) is 11.6 Å². The maximum absolute atomic E-state index is 12.1. The Morgan fingerprint density at radius 3 is 2.54 bits per heavy atom. The van der Waals surface area contributed by atoms with Crippen molar-refractivity contribution < 1.29 is 14.4 Å². The summed E-state index contributed by atoms with van der Waals surface area (Å²) in [5.74, 6) is -0.234. The van der Waals surface area contributed by atoms with Gasteiger partial charge in [0.05, 0.1) is 0 Å². The first-order valence-electron chi connectivity index (χ1n) is 9.33. The van der Waals surface area contributed by atoms with Crippen LogP contribution in [0.15, 0.2) is 30.5 Å². The summed E-state index contributed by atoms with van der Waals surface area (Å²) in [4.78, 5) is 41.8. The van der Waals surface area contributed by atoms with Gasteiger partial charge in [-0.25, -0.2) is 4.98 Å². The van der Waals surface area contributed by atoms with E-state index in [1.165, 1.54) is 16.2 Å². The molecule has 2 aromatic rings. The molecule has 1 saturated heterocycles. The molecule has 6 nitrogen and oxygen atoms in total. The van der Waals surface area contributed by atoms with E-state index in [0.717, 1.165) is 29.7 Å². The highest BCUT2D eigenvalue weighted by atomic mass is 35.5. The van der Waals surface area contributed by atoms with Crippen molar-refractivity contribution in [3.05, 3.63) is 45.9 Å². The number of imide groups is 1. The zero-order valence-electron chi connectivity index (χ0n) is 15.4. The molecule has 3 rings (SSSR count). The van der Waals surface area contributed by atoms with Crippen LogP contribution in [0.2, 0.25) is 5.02 Å². The number of carbonyl (C=O) groups excluding carboxylic acids is 3. The number of amides is 3. The number of thiazole rings is 1. The van der Waals surface area contributed by atoms with Gasteiger partial charge in [0.2, 0.25) is 17.7 Å². The number of nitrogens with zero attached hydrogens (tertiary/aromatic N) is 2. The summed E-state index contributed by atoms with van der Waals surface area (Å²) in [5, 5.41) is 4.14. The van der Waals surface area contributed by atoms with E-state index in [-0.39, 0.29) is 17.7 Å². The number of aromatic nitrogens is 1. The molecular formula is C20H22ClN3O3S. The minimum Gasteiger partial charge on any atom is -0.302 e. The van der Waals surface area contributed by atoms with E-state index in [1.54, 1.807) is 6.20 Å². The number of benzene rings is 1. The van der Waals surface area contributed by atoms with Crippen molar-refractivity contribution in [1.82, 2.24) is 9.88 Å². The largest absolute Gasteiger partial charge is 0.302 e. The number of nitrogens with one attached hydrogen (secondary N) is 1. The van der Waals surface area contributed by atoms with Crippen LogP contribution in [0.5, 0.6) is 0 Å². The van der Waals surface area contributed by atoms with Gasteiger partial charge in [-0.3, -0.25) is 19.3 Å². The van der Waals surface area contributed by atoms with Gasteiger partial charge in [-0.15, -0.1) is 11.3 Å². The van der Waals surface area contributed by atoms with E-state index >= 15 is 0 Å². The van der Waals surface area contributed by atoms with E-state index < -0.39 is 0 Å². The van der Waals surface area contributed by atoms with Crippen molar-refractivity contribution in [2.45, 2.75) is 44.9 Å². The minimum atomic E-state index is -0.0825. The summed E-state index contributed by atoms with van der Waals surface area (Å²) in [6.07, 6.45) is 5.82. The van der Waals surface area contributed by atoms with E-state index in [2.05, 4.69) is 10.3 Å². The van der Waals surface area contributed by atoms with E-state index in [0.29, 0.717) is 42.4 Å². The van der Waals surface area contributed by atoms with Crippen LogP contribution >= 0.6 is 22.9 Å². The molecule has 0 radical (unpaired) electrons. The van der Waals surface area contributed by atoms with E-state index in [9.17, 15) is 14.4 Å². The van der Waals surface area contributed by atoms with Crippen molar-refractivity contribution in [2.75, 3.05) is 11.9 Å². The lowest BCUT2D eigenvalue weighted by molar-refractivity contribution is -0.138. The predicted octanol–water partition coefficient (Wildman–Crippen LogP) is 4.04. The topological polar surface area (TPSA) is 79.4 Å². The normalized spacial score (nSPS) is 14.0. The molecule has 1 fully saturated rings. The Balaban J connectivity index is 1.35. The molecule has 1 aromatic heterocycles. The zero-order valence-corrected chi connectivity index (χ0v) is 17.0. The van der Waals surface area contributed by atoms with Crippen molar-refractivity contribution >= 4 is 45.8 Å². The van der Waals surface area contributed by atoms with Crippen LogP contribution in [0.4, 0.5) is 5.13 Å². The number of unbranched alkanes of at least 4 members (excludes halogenated alkanes) is 2. The highest BCUT2D eigenvalue weighted by molar-refractivity contribution is 7.15. The van der Waals surface area contributed by atoms with Crippen molar-refractivity contribution in [3.8, 4) is 0 Å². The van der Waals surface area contributed by atoms with Gasteiger partial charge in [-0.2, -0.15) is 0 Å². The Kier molecular flexibility index (Phi) is 7.17. The monoisotopic (exact) mass is 419 g/mol. The number of hydrogen-bond acceptors (Lipinski definition) is 5. The van der Waals surface area contributed by atoms with Crippen LogP contribution in [0.1, 0.15) is 49.0 Å². The molecule has 1 N–H and O–H groups in total. The SMILES string of the molecule is O=C(CCCCCN1C(=O)CCC1=O)Nc1ncc(Cc2ccc(Cl)cc2)s1. The summed E-state index contributed by atoms with van der Waals surface area (Å²) in [5.41, 5.74) is 1.14. The first-order chi connectivity index (χ1) is 13.5. The van der Waals surface area contributed by atoms with Gasteiger partial charge in [-0.1, -0.05) is 30.2 Å². The van der Waals surface area contributed by atoms with Crippen LogP contribution < -0.4 is 5.32 Å². The Hall–Kier alpha value is -2.25. The van der Waals surface area contributed by atoms with Crippen LogP contribution in [0.3, 0.4) is 0 Å². The Morgan fingerprint density at radius 1 is 1.11 bits per heavy atom. The van der Waals surface area contributed by atoms with Crippen LogP contribution in [-0.2, 0) is 20.8 Å². The van der Waals surface area contributed by atoms with Crippen LogP contribution in [-0.4, -0.2) is 34.2 Å². The second-order valence-corrected chi connectivity index (χ2v) is 8.28. The highest BCUT2D eigenvalue weighted by Crippen LogP contribution is 2.22. The smallest absolute Gasteiger partial charge is 0.229 e. The van der Waals surface area contributed by atoms with Crippen molar-refractivity contribution in [3.63, 3.8) is 0 Å². The lowest BCUT2D eigenvalue weighted by atomic mass is 10.1. The fraction of sp³-hybridized carbons (Fsp3) is 0.400. The summed E-state index contributed by atoms with van der Waals surface area (Å²) in [7, 11) is 0. The average Bonchev–Trinajstić information content (AvgIpc) is 3.23. The predicted molar refractivity (Wildman–Crippen MR) is 109 cm³/mol. The highest BCUT2D eigenvalue weighted by Gasteiger charge is 2.27. The number of carbonyl (C=O) groups is 3. The first kappa shape index (κ1) is 20.5. The second kappa shape index (κ2) is 9.80. The number of rotatable bonds is 9. The molecule has 0 spiro atoms. The van der Waals surface area contributed by atoms with Gasteiger partial charge >= 0.3 is 0 Å². The van der Waals surface area contributed by atoms with Gasteiger partial charge in [0.1, 0.15) is 0 Å². The number of likely N-dealkylation sites (tertiary alicyclic amines) is 1. The van der Waals surface area contributed by atoms with Crippen LogP contribution in [0.25, 0.3) is 0 Å². The van der Waals surface area contributed by atoms with Gasteiger partial charge in [0.25, 0.3) is 0 Å². The maximum atomic E-state index is 12.1. The zero-order chi connectivity index (χ0) is 19.9. The molecule has 1 aliphatic rings. The number of hydrogen-bond donors (Lipinski definition) is 1. The minimum absolute atomic E-state index is 0.0688. The molecule has 3 amide bonds. The molecule has 0 aliphatic carbocycles. The summed E-state index contributed by atoms with van der Waals surface area (Å²) < 4.78 is 0. The van der Waals surface area contributed by atoms with E-state index in [1.807, 2.05) is 24.3 Å². The molecule has 148 valence electrons. The van der Waals surface area contributed by atoms with Gasteiger partial charge < -0.3 is 5.32 Å². The fourth-order valence-electron chi connectivity index (χ4n) is 3.04. The van der Waals surface area contributed by atoms with Crippen LogP contribution in [0, 0.1) is 0 Å². The maximum Gasteiger partial charge on any atom is 0.229 e. The summed E-state index contributed by atoms with van der Waals surface area (Å²) in [6, 6.07) is 7.67. The molecular weight excluding hydrogens is 398 g/mol. The van der Waals surface area contributed by atoms with Crippen molar-refractivity contribution in [1.29, 1.82) is 0 Å². The Morgan fingerprint density at radius 2 is 1.82 bits per heavy atom. The average molecular weight is 420 g/mol.